The second kappa shape index (κ2) is 4.12. The van der Waals surface area contributed by atoms with E-state index in [1.807, 2.05) is 30.3 Å². The largest absolute Gasteiger partial charge is 0.392 e. The lowest BCUT2D eigenvalue weighted by Crippen LogP contribution is -1.99. The van der Waals surface area contributed by atoms with Crippen molar-refractivity contribution in [2.75, 3.05) is 5.73 Å². The number of aromatic nitrogens is 3. The van der Waals surface area contributed by atoms with Gasteiger partial charge in [-0.2, -0.15) is 0 Å². The van der Waals surface area contributed by atoms with E-state index in [1.165, 1.54) is 0 Å². The first kappa shape index (κ1) is 10.7. The van der Waals surface area contributed by atoms with Gasteiger partial charge in [0.1, 0.15) is 5.82 Å². The molecular weight excluding hydrogens is 228 g/mol. The van der Waals surface area contributed by atoms with Crippen LogP contribution in [0.1, 0.15) is 5.56 Å². The van der Waals surface area contributed by atoms with Crippen LogP contribution in [0.2, 0.25) is 0 Å². The molecule has 3 rings (SSSR count). The quantitative estimate of drug-likeness (QED) is 0.711. The minimum Gasteiger partial charge on any atom is -0.392 e. The second-order valence-electron chi connectivity index (χ2n) is 4.03. The standard InChI is InChI=1S/C13H12N4O/c14-12-4-5-13-15-7-11(17(13)16-12)10-3-1-2-9(6-10)8-18/h1-7,18H,8H2,(H2,14,16). The van der Waals surface area contributed by atoms with Gasteiger partial charge in [0.2, 0.25) is 0 Å². The van der Waals surface area contributed by atoms with Crippen LogP contribution in [0.5, 0.6) is 0 Å². The number of nitrogens with two attached hydrogens (primary N) is 1. The normalized spacial score (nSPS) is 10.9. The van der Waals surface area contributed by atoms with E-state index >= 15 is 0 Å². The van der Waals surface area contributed by atoms with Gasteiger partial charge >= 0.3 is 0 Å². The molecule has 18 heavy (non-hydrogen) atoms. The van der Waals surface area contributed by atoms with E-state index in [9.17, 15) is 0 Å². The van der Waals surface area contributed by atoms with Crippen LogP contribution in [0.4, 0.5) is 5.82 Å². The summed E-state index contributed by atoms with van der Waals surface area (Å²) in [6, 6.07) is 11.2. The molecule has 2 aromatic heterocycles. The first-order valence-electron chi connectivity index (χ1n) is 5.58. The molecule has 3 aromatic rings. The van der Waals surface area contributed by atoms with Gasteiger partial charge in [-0.1, -0.05) is 18.2 Å². The SMILES string of the molecule is Nc1ccc2ncc(-c3cccc(CO)c3)n2n1. The van der Waals surface area contributed by atoms with Crippen molar-refractivity contribution < 1.29 is 5.11 Å². The Kier molecular flexibility index (Phi) is 2.46. The van der Waals surface area contributed by atoms with Gasteiger partial charge in [-0.15, -0.1) is 5.10 Å². The summed E-state index contributed by atoms with van der Waals surface area (Å²) in [6.45, 7) is 0.0140. The zero-order valence-electron chi connectivity index (χ0n) is 9.61. The van der Waals surface area contributed by atoms with E-state index in [2.05, 4.69) is 10.1 Å². The molecule has 0 unspecified atom stereocenters. The highest BCUT2D eigenvalue weighted by Gasteiger charge is 2.07. The number of aliphatic hydroxyl groups excluding tert-OH is 1. The Morgan fingerprint density at radius 1 is 1.22 bits per heavy atom. The molecular formula is C13H12N4O. The van der Waals surface area contributed by atoms with Gasteiger partial charge < -0.3 is 10.8 Å². The molecule has 0 saturated carbocycles. The van der Waals surface area contributed by atoms with Crippen molar-refractivity contribution in [1.29, 1.82) is 0 Å². The highest BCUT2D eigenvalue weighted by molar-refractivity contribution is 5.64. The molecule has 2 heterocycles. The number of hydrogen-bond acceptors (Lipinski definition) is 4. The number of rotatable bonds is 2. The molecule has 0 spiro atoms. The number of fused-ring (bicyclic) bond motifs is 1. The smallest absolute Gasteiger partial charge is 0.154 e. The molecule has 90 valence electrons. The minimum absolute atomic E-state index is 0.0140. The average Bonchev–Trinajstić information content (AvgIpc) is 2.81. The number of aliphatic hydroxyl groups is 1. The van der Waals surface area contributed by atoms with Gasteiger partial charge in [-0.05, 0) is 23.8 Å². The number of hydrogen-bond donors (Lipinski definition) is 2. The Balaban J connectivity index is 2.21. The van der Waals surface area contributed by atoms with Crippen LogP contribution in [0.3, 0.4) is 0 Å². The van der Waals surface area contributed by atoms with Gasteiger partial charge in [0, 0.05) is 5.56 Å². The maximum Gasteiger partial charge on any atom is 0.154 e. The molecule has 1 aromatic carbocycles. The number of anilines is 1. The van der Waals surface area contributed by atoms with Crippen molar-refractivity contribution in [3.8, 4) is 11.3 Å². The van der Waals surface area contributed by atoms with Crippen molar-refractivity contribution in [3.05, 3.63) is 48.2 Å². The Bertz CT molecular complexity index is 705. The maximum atomic E-state index is 9.16. The molecule has 0 aliphatic carbocycles. The lowest BCUT2D eigenvalue weighted by atomic mass is 10.1. The minimum atomic E-state index is 0.0140. The summed E-state index contributed by atoms with van der Waals surface area (Å²) < 4.78 is 1.70. The van der Waals surface area contributed by atoms with Gasteiger partial charge in [-0.3, -0.25) is 0 Å². The van der Waals surface area contributed by atoms with Crippen LogP contribution in [-0.4, -0.2) is 19.7 Å². The topological polar surface area (TPSA) is 76.4 Å². The average molecular weight is 240 g/mol. The second-order valence-corrected chi connectivity index (χ2v) is 4.03. The lowest BCUT2D eigenvalue weighted by Gasteiger charge is -2.03. The van der Waals surface area contributed by atoms with Gasteiger partial charge in [-0.25, -0.2) is 9.50 Å². The maximum absolute atomic E-state index is 9.16. The van der Waals surface area contributed by atoms with Crippen molar-refractivity contribution in [3.63, 3.8) is 0 Å². The van der Waals surface area contributed by atoms with E-state index in [4.69, 9.17) is 10.8 Å². The molecule has 0 atom stereocenters. The fourth-order valence-electron chi connectivity index (χ4n) is 1.91. The third-order valence-electron chi connectivity index (χ3n) is 2.79. The van der Waals surface area contributed by atoms with Gasteiger partial charge in [0.05, 0.1) is 18.5 Å². The molecule has 0 aliphatic heterocycles. The first-order valence-corrected chi connectivity index (χ1v) is 5.58. The molecule has 5 nitrogen and oxygen atoms in total. The van der Waals surface area contributed by atoms with Crippen molar-refractivity contribution in [2.45, 2.75) is 6.61 Å². The van der Waals surface area contributed by atoms with E-state index in [0.29, 0.717) is 5.82 Å². The molecule has 0 aliphatic rings. The monoisotopic (exact) mass is 240 g/mol. The van der Waals surface area contributed by atoms with Crippen molar-refractivity contribution >= 4 is 11.5 Å². The predicted molar refractivity (Wildman–Crippen MR) is 68.8 cm³/mol. The van der Waals surface area contributed by atoms with Gasteiger partial charge in [0.15, 0.2) is 5.65 Å². The highest BCUT2D eigenvalue weighted by Crippen LogP contribution is 2.21. The number of imidazole rings is 1. The molecule has 0 radical (unpaired) electrons. The lowest BCUT2D eigenvalue weighted by molar-refractivity contribution is 0.282. The molecule has 0 saturated heterocycles. The fourth-order valence-corrected chi connectivity index (χ4v) is 1.91. The molecule has 5 heteroatoms. The third kappa shape index (κ3) is 1.70. The summed E-state index contributed by atoms with van der Waals surface area (Å²) in [5, 5.41) is 13.4. The number of nitrogens with zero attached hydrogens (tertiary/aromatic N) is 3. The van der Waals surface area contributed by atoms with Crippen molar-refractivity contribution in [2.24, 2.45) is 0 Å². The summed E-state index contributed by atoms with van der Waals surface area (Å²) in [6.07, 6.45) is 1.75. The van der Waals surface area contributed by atoms with E-state index in [-0.39, 0.29) is 6.61 Å². The van der Waals surface area contributed by atoms with Crippen LogP contribution in [-0.2, 0) is 6.61 Å². The zero-order chi connectivity index (χ0) is 12.5. The summed E-state index contributed by atoms with van der Waals surface area (Å²) in [5.41, 5.74) is 9.09. The molecule has 0 bridgehead atoms. The fraction of sp³-hybridized carbons (Fsp3) is 0.0769. The first-order chi connectivity index (χ1) is 8.78. The van der Waals surface area contributed by atoms with E-state index < -0.39 is 0 Å². The van der Waals surface area contributed by atoms with Crippen LogP contribution >= 0.6 is 0 Å². The zero-order valence-corrected chi connectivity index (χ0v) is 9.61. The predicted octanol–water partition coefficient (Wildman–Crippen LogP) is 1.47. The third-order valence-corrected chi connectivity index (χ3v) is 2.79. The molecule has 3 N–H and O–H groups in total. The Morgan fingerprint density at radius 2 is 2.11 bits per heavy atom. The highest BCUT2D eigenvalue weighted by atomic mass is 16.3. The Hall–Kier alpha value is -2.40. The summed E-state index contributed by atoms with van der Waals surface area (Å²) in [7, 11) is 0. The number of benzene rings is 1. The summed E-state index contributed by atoms with van der Waals surface area (Å²) in [5.74, 6) is 0.445. The van der Waals surface area contributed by atoms with Crippen LogP contribution < -0.4 is 5.73 Å². The van der Waals surface area contributed by atoms with Crippen molar-refractivity contribution in [1.82, 2.24) is 14.6 Å². The molecule has 0 amide bonds. The van der Waals surface area contributed by atoms with E-state index in [1.54, 1.807) is 16.8 Å². The molecule has 0 fully saturated rings. The number of nitrogen functional groups attached to an aromatic ring is 1. The summed E-state index contributed by atoms with van der Waals surface area (Å²) >= 11 is 0. The van der Waals surface area contributed by atoms with Crippen LogP contribution in [0, 0.1) is 0 Å². The Morgan fingerprint density at radius 3 is 2.94 bits per heavy atom. The van der Waals surface area contributed by atoms with Crippen LogP contribution in [0.15, 0.2) is 42.6 Å². The summed E-state index contributed by atoms with van der Waals surface area (Å²) in [4.78, 5) is 4.27. The Labute approximate surface area is 104 Å². The van der Waals surface area contributed by atoms with E-state index in [0.717, 1.165) is 22.5 Å². The van der Waals surface area contributed by atoms with Crippen LogP contribution in [0.25, 0.3) is 16.9 Å². The van der Waals surface area contributed by atoms with Gasteiger partial charge in [0.25, 0.3) is 0 Å².